The number of hydrogen-bond donors (Lipinski definition) is 0. The van der Waals surface area contributed by atoms with Crippen molar-refractivity contribution in [3.8, 4) is 0 Å². The van der Waals surface area contributed by atoms with Gasteiger partial charge in [0, 0.05) is 6.10 Å². The number of rotatable bonds is 4. The van der Waals surface area contributed by atoms with Gasteiger partial charge in [-0.05, 0) is 24.6 Å². The lowest BCUT2D eigenvalue weighted by Gasteiger charge is -2.06. The van der Waals surface area contributed by atoms with Crippen LogP contribution in [-0.4, -0.2) is 15.9 Å². The topological polar surface area (TPSA) is 9.23 Å². The van der Waals surface area contributed by atoms with Crippen LogP contribution >= 0.6 is 0 Å². The zero-order valence-corrected chi connectivity index (χ0v) is 9.70. The first-order chi connectivity index (χ1) is 6.22. The summed E-state index contributed by atoms with van der Waals surface area (Å²) in [5, 5.41) is 1.35. The lowest BCUT2D eigenvalue weighted by Crippen LogP contribution is -2.20. The molecule has 0 aliphatic heterocycles. The van der Waals surface area contributed by atoms with Gasteiger partial charge in [-0.2, -0.15) is 0 Å². The molecule has 0 heterocycles. The van der Waals surface area contributed by atoms with Gasteiger partial charge in [0.1, 0.15) is 0 Å². The predicted octanol–water partition coefficient (Wildman–Crippen LogP) is 1.46. The van der Waals surface area contributed by atoms with Gasteiger partial charge >= 0.3 is 0 Å². The lowest BCUT2D eigenvalue weighted by atomic mass is 10.2. The van der Waals surface area contributed by atoms with Crippen molar-refractivity contribution in [3.63, 3.8) is 0 Å². The minimum atomic E-state index is -0.517. The molecule has 0 fully saturated rings. The Morgan fingerprint density at radius 3 is 2.38 bits per heavy atom. The normalized spacial score (nSPS) is 11.3. The Labute approximate surface area is 82.4 Å². The summed E-state index contributed by atoms with van der Waals surface area (Å²) >= 11 is 0. The fourth-order valence-electron chi connectivity index (χ4n) is 1.01. The standard InChI is InChI=1S/C11H16OSi/c1-4-10-5-7-11(8-6-10)13-12-9(2)3/h4-9H,1,13H2,2-3H3. The Kier molecular flexibility index (Phi) is 3.93. The summed E-state index contributed by atoms with van der Waals surface area (Å²) in [5.41, 5.74) is 1.17. The highest BCUT2D eigenvalue weighted by atomic mass is 28.2. The van der Waals surface area contributed by atoms with E-state index in [2.05, 4.69) is 44.7 Å². The van der Waals surface area contributed by atoms with E-state index in [1.165, 1.54) is 10.8 Å². The quantitative estimate of drug-likeness (QED) is 0.656. The molecule has 0 N–H and O–H groups in total. The molecule has 1 rings (SSSR count). The van der Waals surface area contributed by atoms with E-state index in [-0.39, 0.29) is 0 Å². The highest BCUT2D eigenvalue weighted by Crippen LogP contribution is 1.97. The van der Waals surface area contributed by atoms with Gasteiger partial charge in [-0.25, -0.2) is 0 Å². The van der Waals surface area contributed by atoms with E-state index in [1.807, 2.05) is 6.08 Å². The Morgan fingerprint density at radius 1 is 1.31 bits per heavy atom. The molecule has 0 saturated carbocycles. The average Bonchev–Trinajstić information content (AvgIpc) is 2.15. The molecule has 0 unspecified atom stereocenters. The van der Waals surface area contributed by atoms with Gasteiger partial charge in [0.2, 0.25) is 0 Å². The van der Waals surface area contributed by atoms with Gasteiger partial charge in [-0.3, -0.25) is 0 Å². The van der Waals surface area contributed by atoms with Crippen LogP contribution in [0.4, 0.5) is 0 Å². The second-order valence-electron chi connectivity index (χ2n) is 3.31. The van der Waals surface area contributed by atoms with E-state index in [0.29, 0.717) is 6.10 Å². The summed E-state index contributed by atoms with van der Waals surface area (Å²) in [7, 11) is -0.517. The molecule has 1 nitrogen and oxygen atoms in total. The van der Waals surface area contributed by atoms with E-state index in [9.17, 15) is 0 Å². The average molecular weight is 192 g/mol. The molecule has 0 saturated heterocycles. The molecule has 0 aromatic heterocycles. The van der Waals surface area contributed by atoms with E-state index < -0.39 is 9.76 Å². The van der Waals surface area contributed by atoms with Gasteiger partial charge < -0.3 is 4.43 Å². The van der Waals surface area contributed by atoms with Crippen LogP contribution in [0.3, 0.4) is 0 Å². The van der Waals surface area contributed by atoms with Crippen LogP contribution in [0, 0.1) is 0 Å². The molecule has 0 amide bonds. The molecule has 0 atom stereocenters. The molecule has 0 aliphatic rings. The maximum atomic E-state index is 5.61. The first kappa shape index (κ1) is 10.2. The smallest absolute Gasteiger partial charge is 0.192 e. The Bertz CT molecular complexity index is 264. The third-order valence-electron chi connectivity index (χ3n) is 1.80. The van der Waals surface area contributed by atoms with E-state index in [0.717, 1.165) is 0 Å². The summed E-state index contributed by atoms with van der Waals surface area (Å²) in [6.07, 6.45) is 2.21. The van der Waals surface area contributed by atoms with E-state index in [1.54, 1.807) is 0 Å². The van der Waals surface area contributed by atoms with Crippen LogP contribution < -0.4 is 5.19 Å². The lowest BCUT2D eigenvalue weighted by molar-refractivity contribution is 0.260. The van der Waals surface area contributed by atoms with Crippen LogP contribution in [0.2, 0.25) is 0 Å². The largest absolute Gasteiger partial charge is 0.416 e. The van der Waals surface area contributed by atoms with Crippen LogP contribution in [0.5, 0.6) is 0 Å². The predicted molar refractivity (Wildman–Crippen MR) is 60.9 cm³/mol. The maximum Gasteiger partial charge on any atom is 0.192 e. The molecule has 13 heavy (non-hydrogen) atoms. The third kappa shape index (κ3) is 3.57. The second-order valence-corrected chi connectivity index (χ2v) is 4.74. The second kappa shape index (κ2) is 4.99. The SMILES string of the molecule is C=Cc1ccc([SiH2]OC(C)C)cc1. The molecule has 0 spiro atoms. The van der Waals surface area contributed by atoms with Crippen molar-refractivity contribution >= 4 is 21.0 Å². The van der Waals surface area contributed by atoms with Gasteiger partial charge in [-0.15, -0.1) is 0 Å². The number of hydrogen-bond acceptors (Lipinski definition) is 1. The minimum Gasteiger partial charge on any atom is -0.416 e. The monoisotopic (exact) mass is 192 g/mol. The summed E-state index contributed by atoms with van der Waals surface area (Å²) in [5.74, 6) is 0. The van der Waals surface area contributed by atoms with Crippen LogP contribution in [0.1, 0.15) is 19.4 Å². The molecule has 1 aromatic carbocycles. The van der Waals surface area contributed by atoms with Gasteiger partial charge in [0.15, 0.2) is 9.76 Å². The number of benzene rings is 1. The van der Waals surface area contributed by atoms with Gasteiger partial charge in [-0.1, -0.05) is 36.9 Å². The van der Waals surface area contributed by atoms with Crippen molar-refractivity contribution in [1.29, 1.82) is 0 Å². The van der Waals surface area contributed by atoms with Crippen molar-refractivity contribution in [2.75, 3.05) is 0 Å². The van der Waals surface area contributed by atoms with E-state index in [4.69, 9.17) is 4.43 Å². The first-order valence-corrected chi connectivity index (χ1v) is 5.84. The van der Waals surface area contributed by atoms with Crippen LogP contribution in [0.25, 0.3) is 6.08 Å². The first-order valence-electron chi connectivity index (χ1n) is 4.55. The fraction of sp³-hybridized carbons (Fsp3) is 0.273. The zero-order chi connectivity index (χ0) is 9.68. The molecular formula is C11H16OSi. The summed E-state index contributed by atoms with van der Waals surface area (Å²) < 4.78 is 5.61. The molecule has 2 heteroatoms. The highest BCUT2D eigenvalue weighted by molar-refractivity contribution is 6.46. The van der Waals surface area contributed by atoms with Crippen molar-refractivity contribution in [2.45, 2.75) is 20.0 Å². The van der Waals surface area contributed by atoms with Crippen molar-refractivity contribution in [3.05, 3.63) is 36.4 Å². The molecule has 70 valence electrons. The summed E-state index contributed by atoms with van der Waals surface area (Å²) in [6.45, 7) is 7.86. The molecular weight excluding hydrogens is 176 g/mol. The molecule has 0 radical (unpaired) electrons. The Balaban J connectivity index is 2.54. The Hall–Kier alpha value is -0.863. The minimum absolute atomic E-state index is 0.353. The fourth-order valence-corrected chi connectivity index (χ4v) is 1.97. The molecule has 1 aromatic rings. The van der Waals surface area contributed by atoms with Crippen LogP contribution in [0.15, 0.2) is 30.8 Å². The van der Waals surface area contributed by atoms with Crippen molar-refractivity contribution in [1.82, 2.24) is 0 Å². The van der Waals surface area contributed by atoms with Gasteiger partial charge in [0.05, 0.1) is 0 Å². The van der Waals surface area contributed by atoms with Crippen LogP contribution in [-0.2, 0) is 4.43 Å². The summed E-state index contributed by atoms with van der Waals surface area (Å²) in [4.78, 5) is 0. The molecule has 0 aliphatic carbocycles. The van der Waals surface area contributed by atoms with E-state index >= 15 is 0 Å². The molecule has 0 bridgehead atoms. The Morgan fingerprint density at radius 2 is 1.92 bits per heavy atom. The highest BCUT2D eigenvalue weighted by Gasteiger charge is 1.96. The summed E-state index contributed by atoms with van der Waals surface area (Å²) in [6, 6.07) is 8.43. The van der Waals surface area contributed by atoms with Crippen molar-refractivity contribution in [2.24, 2.45) is 0 Å². The zero-order valence-electron chi connectivity index (χ0n) is 8.29. The van der Waals surface area contributed by atoms with Crippen molar-refractivity contribution < 1.29 is 4.43 Å². The third-order valence-corrected chi connectivity index (χ3v) is 3.44. The maximum absolute atomic E-state index is 5.61. The van der Waals surface area contributed by atoms with Gasteiger partial charge in [0.25, 0.3) is 0 Å².